The molecule has 1 rings (SSSR count). The minimum absolute atomic E-state index is 0.405. The summed E-state index contributed by atoms with van der Waals surface area (Å²) in [5.74, 6) is -4.58. The Labute approximate surface area is 115 Å². The Morgan fingerprint density at radius 3 is 2.41 bits per heavy atom. The van der Waals surface area contributed by atoms with E-state index in [-0.39, 0.29) is 0 Å². The van der Waals surface area contributed by atoms with E-state index >= 15 is 0 Å². The molecule has 0 spiro atoms. The summed E-state index contributed by atoms with van der Waals surface area (Å²) in [6, 6.07) is 4.84. The Bertz CT molecular complexity index is 475. The second-order valence-electron chi connectivity index (χ2n) is 3.03. The van der Waals surface area contributed by atoms with Crippen molar-refractivity contribution in [2.45, 2.75) is 0 Å². The molecule has 0 radical (unpaired) electrons. The van der Waals surface area contributed by atoms with Gasteiger partial charge in [0, 0.05) is 9.78 Å². The van der Waals surface area contributed by atoms with Crippen LogP contribution in [0.25, 0.3) is 0 Å². The Kier molecular flexibility index (Phi) is 4.88. The standard InChI is InChI=1S/C10H7ClINO4/c11-7-3-5(1-2-8(7)12)13-4-6(9(14)15)10(16)17/h1-4,6H,(H,14,15)(H,16,17). The van der Waals surface area contributed by atoms with E-state index in [9.17, 15) is 9.59 Å². The molecule has 2 N–H and O–H groups in total. The zero-order valence-electron chi connectivity index (χ0n) is 8.30. The SMILES string of the molecule is O=C(O)C(C=Nc1ccc(I)c(Cl)c1)C(=O)O. The number of nitrogens with zero attached hydrogens (tertiary/aromatic N) is 1. The number of carbonyl (C=O) groups is 2. The molecule has 1 aromatic rings. The van der Waals surface area contributed by atoms with Crippen LogP contribution in [0.1, 0.15) is 0 Å². The summed E-state index contributed by atoms with van der Waals surface area (Å²) < 4.78 is 0.830. The number of carboxylic acid groups (broad SMARTS) is 2. The highest BCUT2D eigenvalue weighted by Gasteiger charge is 2.23. The number of halogens is 2. The third-order valence-electron chi connectivity index (χ3n) is 1.81. The van der Waals surface area contributed by atoms with Crippen molar-refractivity contribution in [2.24, 2.45) is 10.9 Å². The zero-order valence-corrected chi connectivity index (χ0v) is 11.2. The fourth-order valence-electron chi connectivity index (χ4n) is 0.959. The van der Waals surface area contributed by atoms with Crippen molar-refractivity contribution in [1.29, 1.82) is 0 Å². The van der Waals surface area contributed by atoms with Gasteiger partial charge in [0.15, 0.2) is 5.92 Å². The van der Waals surface area contributed by atoms with E-state index in [0.717, 1.165) is 9.78 Å². The minimum atomic E-state index is -1.66. The third-order valence-corrected chi connectivity index (χ3v) is 3.38. The lowest BCUT2D eigenvalue weighted by Crippen LogP contribution is -2.24. The predicted molar refractivity (Wildman–Crippen MR) is 71.1 cm³/mol. The summed E-state index contributed by atoms with van der Waals surface area (Å²) in [4.78, 5) is 24.9. The van der Waals surface area contributed by atoms with Gasteiger partial charge >= 0.3 is 11.9 Å². The fourth-order valence-corrected chi connectivity index (χ4v) is 1.47. The van der Waals surface area contributed by atoms with Gasteiger partial charge in [0.25, 0.3) is 0 Å². The first-order chi connectivity index (χ1) is 7.91. The first kappa shape index (κ1) is 13.9. The normalized spacial score (nSPS) is 11.0. The highest BCUT2D eigenvalue weighted by Crippen LogP contribution is 2.23. The van der Waals surface area contributed by atoms with Crippen LogP contribution in [0.2, 0.25) is 5.02 Å². The molecule has 5 nitrogen and oxygen atoms in total. The molecule has 0 saturated carbocycles. The van der Waals surface area contributed by atoms with Crippen LogP contribution in [0.3, 0.4) is 0 Å². The highest BCUT2D eigenvalue weighted by atomic mass is 127. The molecule has 0 aromatic heterocycles. The topological polar surface area (TPSA) is 87.0 Å². The van der Waals surface area contributed by atoms with Crippen LogP contribution in [0.5, 0.6) is 0 Å². The molecule has 17 heavy (non-hydrogen) atoms. The van der Waals surface area contributed by atoms with Gasteiger partial charge in [-0.25, -0.2) is 0 Å². The number of rotatable bonds is 4. The Morgan fingerprint density at radius 1 is 1.35 bits per heavy atom. The van der Waals surface area contributed by atoms with Crippen LogP contribution in [0.4, 0.5) is 5.69 Å². The predicted octanol–water partition coefficient (Wildman–Crippen LogP) is 2.43. The maximum atomic E-state index is 10.6. The summed E-state index contributed by atoms with van der Waals surface area (Å²) in [7, 11) is 0. The van der Waals surface area contributed by atoms with Gasteiger partial charge in [-0.15, -0.1) is 0 Å². The molecule has 0 aliphatic carbocycles. The van der Waals surface area contributed by atoms with Gasteiger partial charge in [-0.2, -0.15) is 0 Å². The average Bonchev–Trinajstić information content (AvgIpc) is 2.22. The highest BCUT2D eigenvalue weighted by molar-refractivity contribution is 14.1. The van der Waals surface area contributed by atoms with Gasteiger partial charge in [0.05, 0.1) is 10.7 Å². The Hall–Kier alpha value is -1.15. The molecule has 0 atom stereocenters. The second kappa shape index (κ2) is 5.97. The molecule has 1 aromatic carbocycles. The van der Waals surface area contributed by atoms with Gasteiger partial charge in [0.2, 0.25) is 0 Å². The van der Waals surface area contributed by atoms with E-state index in [1.165, 1.54) is 6.07 Å². The molecule has 0 saturated heterocycles. The smallest absolute Gasteiger partial charge is 0.323 e. The van der Waals surface area contributed by atoms with Crippen LogP contribution in [0, 0.1) is 9.49 Å². The number of benzene rings is 1. The first-order valence-corrected chi connectivity index (χ1v) is 5.82. The van der Waals surface area contributed by atoms with Crippen LogP contribution in [0.15, 0.2) is 23.2 Å². The molecule has 0 bridgehead atoms. The summed E-state index contributed by atoms with van der Waals surface area (Å²) in [6.07, 6.45) is 0.864. The molecular weight excluding hydrogens is 360 g/mol. The molecule has 7 heteroatoms. The summed E-state index contributed by atoms with van der Waals surface area (Å²) in [5, 5.41) is 17.7. The second-order valence-corrected chi connectivity index (χ2v) is 4.60. The van der Waals surface area contributed by atoms with Gasteiger partial charge in [0.1, 0.15) is 0 Å². The van der Waals surface area contributed by atoms with Crippen molar-refractivity contribution < 1.29 is 19.8 Å². The van der Waals surface area contributed by atoms with E-state index in [0.29, 0.717) is 10.7 Å². The first-order valence-electron chi connectivity index (χ1n) is 4.36. The molecule has 0 heterocycles. The fraction of sp³-hybridized carbons (Fsp3) is 0.100. The molecule has 0 unspecified atom stereocenters. The van der Waals surface area contributed by atoms with Gasteiger partial charge in [-0.3, -0.25) is 14.6 Å². The maximum Gasteiger partial charge on any atom is 0.323 e. The van der Waals surface area contributed by atoms with E-state index in [4.69, 9.17) is 21.8 Å². The van der Waals surface area contributed by atoms with Crippen LogP contribution in [-0.2, 0) is 9.59 Å². The minimum Gasteiger partial charge on any atom is -0.480 e. The Morgan fingerprint density at radius 2 is 1.94 bits per heavy atom. The van der Waals surface area contributed by atoms with E-state index < -0.39 is 17.9 Å². The number of aliphatic imine (C=N–C) groups is 1. The van der Waals surface area contributed by atoms with Crippen molar-refractivity contribution in [2.75, 3.05) is 0 Å². The summed E-state index contributed by atoms with van der Waals surface area (Å²) in [6.45, 7) is 0. The van der Waals surface area contributed by atoms with Crippen LogP contribution >= 0.6 is 34.2 Å². The molecule has 0 amide bonds. The van der Waals surface area contributed by atoms with E-state index in [1.807, 2.05) is 22.6 Å². The van der Waals surface area contributed by atoms with E-state index in [1.54, 1.807) is 12.1 Å². The van der Waals surface area contributed by atoms with Crippen LogP contribution < -0.4 is 0 Å². The third kappa shape index (κ3) is 3.97. The number of hydrogen-bond donors (Lipinski definition) is 2. The van der Waals surface area contributed by atoms with Crippen molar-refractivity contribution in [1.82, 2.24) is 0 Å². The zero-order chi connectivity index (χ0) is 13.0. The maximum absolute atomic E-state index is 10.6. The number of hydrogen-bond acceptors (Lipinski definition) is 3. The van der Waals surface area contributed by atoms with Gasteiger partial charge < -0.3 is 10.2 Å². The lowest BCUT2D eigenvalue weighted by molar-refractivity contribution is -0.150. The van der Waals surface area contributed by atoms with E-state index in [2.05, 4.69) is 4.99 Å². The molecule has 0 aliphatic rings. The lowest BCUT2D eigenvalue weighted by atomic mass is 10.2. The average molecular weight is 368 g/mol. The van der Waals surface area contributed by atoms with Gasteiger partial charge in [-0.05, 0) is 40.8 Å². The number of aliphatic carboxylic acids is 2. The lowest BCUT2D eigenvalue weighted by Gasteiger charge is -2.01. The summed E-state index contributed by atoms with van der Waals surface area (Å²) in [5.41, 5.74) is 0.405. The Balaban J connectivity index is 2.92. The van der Waals surface area contributed by atoms with Crippen molar-refractivity contribution in [3.05, 3.63) is 26.8 Å². The van der Waals surface area contributed by atoms with Crippen molar-refractivity contribution in [3.8, 4) is 0 Å². The van der Waals surface area contributed by atoms with Gasteiger partial charge in [-0.1, -0.05) is 11.6 Å². The largest absolute Gasteiger partial charge is 0.480 e. The molecular formula is C10H7ClINO4. The molecule has 0 fully saturated rings. The monoisotopic (exact) mass is 367 g/mol. The quantitative estimate of drug-likeness (QED) is 0.486. The van der Waals surface area contributed by atoms with Crippen LogP contribution in [-0.4, -0.2) is 28.4 Å². The molecule has 90 valence electrons. The summed E-state index contributed by atoms with van der Waals surface area (Å²) >= 11 is 7.87. The molecule has 0 aliphatic heterocycles. The van der Waals surface area contributed by atoms with Crippen molar-refractivity contribution >= 4 is 58.0 Å². The van der Waals surface area contributed by atoms with Crippen molar-refractivity contribution in [3.63, 3.8) is 0 Å². The number of carboxylic acids is 2.